The second-order valence-corrected chi connectivity index (χ2v) is 10.1. The first-order valence-corrected chi connectivity index (χ1v) is 11.9. The Labute approximate surface area is 173 Å². The summed E-state index contributed by atoms with van der Waals surface area (Å²) in [6, 6.07) is 6.08. The molecule has 160 valence electrons. The Morgan fingerprint density at radius 1 is 1.10 bits per heavy atom. The average Bonchev–Trinajstić information content (AvgIpc) is 2.74. The predicted molar refractivity (Wildman–Crippen MR) is 111 cm³/mol. The third kappa shape index (κ3) is 4.48. The van der Waals surface area contributed by atoms with Crippen molar-refractivity contribution in [1.82, 2.24) is 14.9 Å². The number of likely N-dealkylation sites (N-methyl/N-ethyl adjacent to an activating group) is 1. The summed E-state index contributed by atoms with van der Waals surface area (Å²) in [5, 5.41) is 5.57. The lowest BCUT2D eigenvalue weighted by molar-refractivity contribution is -0.128. The molecule has 1 aliphatic carbocycles. The zero-order valence-electron chi connectivity index (χ0n) is 17.2. The van der Waals surface area contributed by atoms with E-state index in [0.717, 1.165) is 38.5 Å². The van der Waals surface area contributed by atoms with Crippen molar-refractivity contribution < 1.29 is 18.0 Å². The molecule has 0 bridgehead atoms. The number of nitrogens with zero attached hydrogens (tertiary/aromatic N) is 1. The maximum absolute atomic E-state index is 13.1. The summed E-state index contributed by atoms with van der Waals surface area (Å²) in [4.78, 5) is 25.6. The van der Waals surface area contributed by atoms with Crippen LogP contribution in [0.1, 0.15) is 68.6 Å². The van der Waals surface area contributed by atoms with Crippen molar-refractivity contribution in [1.29, 1.82) is 0 Å². The molecule has 2 fully saturated rings. The van der Waals surface area contributed by atoms with Crippen molar-refractivity contribution in [3.05, 3.63) is 29.8 Å². The third-order valence-electron chi connectivity index (χ3n) is 6.17. The molecular weight excluding hydrogens is 390 g/mol. The van der Waals surface area contributed by atoms with Crippen LogP contribution in [0.25, 0.3) is 0 Å². The number of rotatable bonds is 5. The van der Waals surface area contributed by atoms with Crippen LogP contribution in [0.5, 0.6) is 0 Å². The summed E-state index contributed by atoms with van der Waals surface area (Å²) < 4.78 is 27.7. The fourth-order valence-electron chi connectivity index (χ4n) is 4.45. The molecule has 1 heterocycles. The molecule has 0 radical (unpaired) electrons. The molecule has 1 aromatic carbocycles. The van der Waals surface area contributed by atoms with E-state index in [2.05, 4.69) is 10.6 Å². The second-order valence-electron chi connectivity index (χ2n) is 8.16. The van der Waals surface area contributed by atoms with Crippen LogP contribution in [0.2, 0.25) is 0 Å². The molecular formula is C21H31N3O4S. The van der Waals surface area contributed by atoms with Gasteiger partial charge in [0.1, 0.15) is 5.54 Å². The molecule has 2 amide bonds. The Bertz CT molecular complexity index is 862. The zero-order chi connectivity index (χ0) is 21.1. The van der Waals surface area contributed by atoms with Gasteiger partial charge in [0.05, 0.1) is 4.90 Å². The van der Waals surface area contributed by atoms with E-state index in [1.165, 1.54) is 16.4 Å². The van der Waals surface area contributed by atoms with Gasteiger partial charge in [-0.25, -0.2) is 8.42 Å². The Morgan fingerprint density at radius 3 is 2.48 bits per heavy atom. The van der Waals surface area contributed by atoms with Gasteiger partial charge in [-0.3, -0.25) is 9.59 Å². The summed E-state index contributed by atoms with van der Waals surface area (Å²) >= 11 is 0. The minimum absolute atomic E-state index is 0.0509. The minimum Gasteiger partial charge on any atom is -0.357 e. The van der Waals surface area contributed by atoms with Crippen molar-refractivity contribution in [3.8, 4) is 0 Å². The van der Waals surface area contributed by atoms with Crippen LogP contribution < -0.4 is 10.6 Å². The van der Waals surface area contributed by atoms with E-state index in [1.54, 1.807) is 19.2 Å². The minimum atomic E-state index is -3.66. The van der Waals surface area contributed by atoms with Gasteiger partial charge in [-0.1, -0.05) is 31.7 Å². The quantitative estimate of drug-likeness (QED) is 0.763. The molecule has 2 aliphatic rings. The van der Waals surface area contributed by atoms with E-state index in [1.807, 2.05) is 6.92 Å². The number of carbonyl (C=O) groups is 2. The van der Waals surface area contributed by atoms with Gasteiger partial charge >= 0.3 is 0 Å². The van der Waals surface area contributed by atoms with Gasteiger partial charge < -0.3 is 10.6 Å². The van der Waals surface area contributed by atoms with Crippen molar-refractivity contribution in [2.45, 2.75) is 74.8 Å². The normalized spacial score (nSPS) is 22.6. The van der Waals surface area contributed by atoms with Crippen molar-refractivity contribution >= 4 is 21.8 Å². The van der Waals surface area contributed by atoms with E-state index in [9.17, 15) is 18.0 Å². The molecule has 2 N–H and O–H groups in total. The van der Waals surface area contributed by atoms with Gasteiger partial charge in [-0.15, -0.1) is 0 Å². The molecule has 1 aliphatic heterocycles. The van der Waals surface area contributed by atoms with Gasteiger partial charge in [-0.05, 0) is 50.8 Å². The van der Waals surface area contributed by atoms with Crippen LogP contribution in [0.15, 0.2) is 29.2 Å². The smallest absolute Gasteiger partial charge is 0.252 e. The van der Waals surface area contributed by atoms with Gasteiger partial charge in [0.15, 0.2) is 0 Å². The summed E-state index contributed by atoms with van der Waals surface area (Å²) in [6.07, 6.45) is 6.66. The lowest BCUT2D eigenvalue weighted by atomic mass is 9.80. The van der Waals surface area contributed by atoms with Crippen molar-refractivity contribution in [3.63, 3.8) is 0 Å². The topological polar surface area (TPSA) is 95.6 Å². The number of carbonyl (C=O) groups excluding carboxylic acids is 2. The van der Waals surface area contributed by atoms with Crippen LogP contribution >= 0.6 is 0 Å². The number of amides is 2. The van der Waals surface area contributed by atoms with Crippen molar-refractivity contribution in [2.75, 3.05) is 13.6 Å². The molecule has 0 aromatic heterocycles. The maximum Gasteiger partial charge on any atom is 0.252 e. The fourth-order valence-corrected chi connectivity index (χ4v) is 6.20. The standard InChI is InChI=1S/C21H31N3O4S/c1-16-9-4-7-14-24(16)29(27,28)18-11-8-10-17(15-18)19(25)23-21(20(26)22-2)12-5-3-6-13-21/h8,10-11,15-16H,3-7,9,12-14H2,1-2H3,(H,22,26)(H,23,25). The molecule has 7 nitrogen and oxygen atoms in total. The van der Waals surface area contributed by atoms with Crippen LogP contribution in [0.4, 0.5) is 0 Å². The zero-order valence-corrected chi connectivity index (χ0v) is 18.1. The molecule has 1 saturated heterocycles. The highest BCUT2D eigenvalue weighted by Gasteiger charge is 2.40. The van der Waals surface area contributed by atoms with Gasteiger partial charge in [-0.2, -0.15) is 4.31 Å². The molecule has 1 unspecified atom stereocenters. The van der Waals surface area contributed by atoms with Gasteiger partial charge in [0.2, 0.25) is 15.9 Å². The summed E-state index contributed by atoms with van der Waals surface area (Å²) in [7, 11) is -2.10. The van der Waals surface area contributed by atoms with Crippen LogP contribution in [0, 0.1) is 0 Å². The number of sulfonamides is 1. The summed E-state index contributed by atoms with van der Waals surface area (Å²) in [5.41, 5.74) is -0.676. The molecule has 3 rings (SSSR count). The fraction of sp³-hybridized carbons (Fsp3) is 0.619. The van der Waals surface area contributed by atoms with Gasteiger partial charge in [0.25, 0.3) is 5.91 Å². The van der Waals surface area contributed by atoms with E-state index < -0.39 is 21.5 Å². The Morgan fingerprint density at radius 2 is 1.83 bits per heavy atom. The second kappa shape index (κ2) is 8.83. The summed E-state index contributed by atoms with van der Waals surface area (Å²) in [5.74, 6) is -0.615. The largest absolute Gasteiger partial charge is 0.357 e. The first-order chi connectivity index (χ1) is 13.8. The lowest BCUT2D eigenvalue weighted by Gasteiger charge is -2.36. The highest BCUT2D eigenvalue weighted by molar-refractivity contribution is 7.89. The average molecular weight is 422 g/mol. The molecule has 29 heavy (non-hydrogen) atoms. The Hall–Kier alpha value is -1.93. The highest BCUT2D eigenvalue weighted by Crippen LogP contribution is 2.29. The van der Waals surface area contributed by atoms with Crippen LogP contribution in [-0.4, -0.2) is 49.7 Å². The predicted octanol–water partition coefficient (Wildman–Crippen LogP) is 2.43. The highest BCUT2D eigenvalue weighted by atomic mass is 32.2. The Balaban J connectivity index is 1.85. The SMILES string of the molecule is CNC(=O)C1(NC(=O)c2cccc(S(=O)(=O)N3CCCCC3C)c2)CCCCC1. The molecule has 1 saturated carbocycles. The van der Waals surface area contributed by atoms with Crippen LogP contribution in [-0.2, 0) is 14.8 Å². The molecule has 8 heteroatoms. The lowest BCUT2D eigenvalue weighted by Crippen LogP contribution is -2.59. The summed E-state index contributed by atoms with van der Waals surface area (Å²) in [6.45, 7) is 2.42. The van der Waals surface area contributed by atoms with E-state index in [-0.39, 0.29) is 22.4 Å². The number of benzene rings is 1. The Kier molecular flexibility index (Phi) is 6.63. The van der Waals surface area contributed by atoms with Crippen molar-refractivity contribution in [2.24, 2.45) is 0 Å². The first kappa shape index (κ1) is 21.8. The van der Waals surface area contributed by atoms with E-state index >= 15 is 0 Å². The molecule has 1 atom stereocenters. The third-order valence-corrected chi connectivity index (χ3v) is 8.18. The first-order valence-electron chi connectivity index (χ1n) is 10.5. The maximum atomic E-state index is 13.1. The number of hydrogen-bond donors (Lipinski definition) is 2. The monoisotopic (exact) mass is 421 g/mol. The van der Waals surface area contributed by atoms with E-state index in [4.69, 9.17) is 0 Å². The number of piperidine rings is 1. The van der Waals surface area contributed by atoms with Crippen LogP contribution in [0.3, 0.4) is 0 Å². The number of hydrogen-bond acceptors (Lipinski definition) is 4. The van der Waals surface area contributed by atoms with Gasteiger partial charge in [0, 0.05) is 25.2 Å². The molecule has 1 aromatic rings. The molecule has 0 spiro atoms. The number of nitrogens with one attached hydrogen (secondary N) is 2. The van der Waals surface area contributed by atoms with E-state index in [0.29, 0.717) is 19.4 Å².